The molecule has 0 radical (unpaired) electrons. The summed E-state index contributed by atoms with van der Waals surface area (Å²) in [6, 6.07) is 10.1. The topological polar surface area (TPSA) is 55.3 Å². The molecule has 7 heteroatoms. The molecule has 26 heavy (non-hydrogen) atoms. The third-order valence-electron chi connectivity index (χ3n) is 4.05. The molecule has 0 saturated carbocycles. The lowest BCUT2D eigenvalue weighted by molar-refractivity contribution is 0.0746. The monoisotopic (exact) mass is 477 g/mol. The van der Waals surface area contributed by atoms with E-state index >= 15 is 0 Å². The van der Waals surface area contributed by atoms with Crippen LogP contribution in [0.15, 0.2) is 35.3 Å². The molecular weight excluding hydrogens is 445 g/mol. The van der Waals surface area contributed by atoms with Gasteiger partial charge in [-0.25, -0.2) is 0 Å². The predicted molar refractivity (Wildman–Crippen MR) is 116 cm³/mol. The maximum Gasteiger partial charge on any atom is 0.193 e. The molecule has 0 spiro atoms. The molecule has 1 N–H and O–H groups in total. The number of benzene rings is 1. The summed E-state index contributed by atoms with van der Waals surface area (Å²) in [6.45, 7) is 7.38. The highest BCUT2D eigenvalue weighted by molar-refractivity contribution is 14.0. The van der Waals surface area contributed by atoms with Crippen LogP contribution in [0.4, 0.5) is 0 Å². The lowest BCUT2D eigenvalue weighted by Crippen LogP contribution is -2.47. The number of hydrogen-bond acceptors (Lipinski definition) is 4. The fourth-order valence-corrected chi connectivity index (χ4v) is 2.76. The Balaban J connectivity index is 0.00000338. The first-order chi connectivity index (χ1) is 12.3. The lowest BCUT2D eigenvalue weighted by atomic mass is 10.1. The van der Waals surface area contributed by atoms with Gasteiger partial charge >= 0.3 is 0 Å². The van der Waals surface area contributed by atoms with E-state index in [1.54, 1.807) is 7.11 Å². The zero-order valence-corrected chi connectivity index (χ0v) is 18.2. The normalized spacial score (nSPS) is 15.5. The number of methoxy groups -OCH3 is 1. The van der Waals surface area contributed by atoms with E-state index in [9.17, 15) is 0 Å². The molecule has 1 saturated heterocycles. The van der Waals surface area contributed by atoms with Crippen LogP contribution in [0, 0.1) is 0 Å². The Morgan fingerprint density at radius 1 is 1.15 bits per heavy atom. The summed E-state index contributed by atoms with van der Waals surface area (Å²) in [6.07, 6.45) is 2.28. The maximum absolute atomic E-state index is 6.06. The Morgan fingerprint density at radius 3 is 2.54 bits per heavy atom. The largest absolute Gasteiger partial charge is 0.490 e. The molecule has 0 aromatic heterocycles. The first-order valence-electron chi connectivity index (χ1n) is 9.15. The summed E-state index contributed by atoms with van der Waals surface area (Å²) in [5.41, 5.74) is 0. The minimum atomic E-state index is 0. The van der Waals surface area contributed by atoms with Crippen LogP contribution in [-0.4, -0.2) is 70.1 Å². The molecule has 1 aromatic rings. The van der Waals surface area contributed by atoms with Crippen LogP contribution in [0.5, 0.6) is 5.75 Å². The highest BCUT2D eigenvalue weighted by Gasteiger charge is 2.22. The Bertz CT molecular complexity index is 494. The smallest absolute Gasteiger partial charge is 0.193 e. The van der Waals surface area contributed by atoms with Crippen LogP contribution in [0.25, 0.3) is 0 Å². The number of guanidine groups is 1. The molecule has 1 heterocycles. The number of nitrogens with zero attached hydrogens (tertiary/aromatic N) is 2. The van der Waals surface area contributed by atoms with Gasteiger partial charge in [0, 0.05) is 39.6 Å². The number of ether oxygens (including phenoxy) is 3. The first-order valence-corrected chi connectivity index (χ1v) is 9.15. The van der Waals surface area contributed by atoms with Crippen molar-refractivity contribution in [2.24, 2.45) is 4.99 Å². The van der Waals surface area contributed by atoms with Gasteiger partial charge in [0.2, 0.25) is 0 Å². The van der Waals surface area contributed by atoms with Crippen molar-refractivity contribution in [2.75, 3.05) is 53.1 Å². The molecule has 1 aliphatic rings. The summed E-state index contributed by atoms with van der Waals surface area (Å²) in [5, 5.41) is 3.37. The fraction of sp³-hybridized carbons (Fsp3) is 0.632. The number of nitrogens with one attached hydrogen (secondary N) is 1. The van der Waals surface area contributed by atoms with Crippen molar-refractivity contribution in [3.63, 3.8) is 0 Å². The maximum atomic E-state index is 6.06. The van der Waals surface area contributed by atoms with Gasteiger partial charge in [-0.15, -0.1) is 24.0 Å². The fourth-order valence-electron chi connectivity index (χ4n) is 2.76. The summed E-state index contributed by atoms with van der Waals surface area (Å²) in [7, 11) is 1.68. The quantitative estimate of drug-likeness (QED) is 0.257. The second-order valence-electron chi connectivity index (χ2n) is 5.96. The van der Waals surface area contributed by atoms with Gasteiger partial charge < -0.3 is 24.4 Å². The first kappa shape index (κ1) is 23.0. The Hall–Kier alpha value is -1.06. The van der Waals surface area contributed by atoms with Crippen LogP contribution >= 0.6 is 24.0 Å². The van der Waals surface area contributed by atoms with E-state index in [1.165, 1.54) is 0 Å². The van der Waals surface area contributed by atoms with Crippen LogP contribution in [0.3, 0.4) is 0 Å². The van der Waals surface area contributed by atoms with E-state index in [0.717, 1.165) is 44.2 Å². The molecule has 0 atom stereocenters. The third kappa shape index (κ3) is 8.55. The highest BCUT2D eigenvalue weighted by Crippen LogP contribution is 2.18. The molecule has 0 amide bonds. The standard InChI is InChI=1S/C19H31N3O3.HI/c1-3-20-19(21-11-14-24-16-15-23-2)22-12-9-18(10-13-22)25-17-7-5-4-6-8-17;/h4-8,18H,3,9-16H2,1-2H3,(H,20,21);1H. The predicted octanol–water partition coefficient (Wildman–Crippen LogP) is 2.78. The van der Waals surface area contributed by atoms with Crippen LogP contribution < -0.4 is 10.1 Å². The molecule has 1 aliphatic heterocycles. The van der Waals surface area contributed by atoms with Gasteiger partial charge in [-0.1, -0.05) is 18.2 Å². The zero-order valence-electron chi connectivity index (χ0n) is 15.9. The van der Waals surface area contributed by atoms with Gasteiger partial charge in [0.1, 0.15) is 11.9 Å². The number of rotatable bonds is 9. The lowest BCUT2D eigenvalue weighted by Gasteiger charge is -2.34. The van der Waals surface area contributed by atoms with E-state index in [2.05, 4.69) is 22.1 Å². The summed E-state index contributed by atoms with van der Waals surface area (Å²) < 4.78 is 16.5. The van der Waals surface area contributed by atoms with Gasteiger partial charge in [-0.3, -0.25) is 4.99 Å². The van der Waals surface area contributed by atoms with Gasteiger partial charge in [-0.05, 0) is 19.1 Å². The van der Waals surface area contributed by atoms with Crippen molar-refractivity contribution < 1.29 is 14.2 Å². The molecule has 1 fully saturated rings. The highest BCUT2D eigenvalue weighted by atomic mass is 127. The Kier molecular flexibility index (Phi) is 12.4. The van der Waals surface area contributed by atoms with E-state index in [-0.39, 0.29) is 30.1 Å². The molecule has 148 valence electrons. The molecule has 0 bridgehead atoms. The SMILES string of the molecule is CCNC(=NCCOCCOC)N1CCC(Oc2ccccc2)CC1.I. The molecule has 0 unspecified atom stereocenters. The Morgan fingerprint density at radius 2 is 1.88 bits per heavy atom. The minimum Gasteiger partial charge on any atom is -0.490 e. The Labute approximate surface area is 174 Å². The minimum absolute atomic E-state index is 0. The molecule has 1 aromatic carbocycles. The number of halogens is 1. The van der Waals surface area contributed by atoms with Crippen LogP contribution in [0.2, 0.25) is 0 Å². The molecular formula is C19H32IN3O3. The van der Waals surface area contributed by atoms with Crippen LogP contribution in [0.1, 0.15) is 19.8 Å². The van der Waals surface area contributed by atoms with Gasteiger partial charge in [0.05, 0.1) is 26.4 Å². The van der Waals surface area contributed by atoms with Crippen molar-refractivity contribution in [3.8, 4) is 5.75 Å². The van der Waals surface area contributed by atoms with Crippen molar-refractivity contribution in [3.05, 3.63) is 30.3 Å². The number of likely N-dealkylation sites (tertiary alicyclic amines) is 1. The molecule has 0 aliphatic carbocycles. The average Bonchev–Trinajstić information content (AvgIpc) is 2.65. The third-order valence-corrected chi connectivity index (χ3v) is 4.05. The van der Waals surface area contributed by atoms with Crippen LogP contribution in [-0.2, 0) is 9.47 Å². The average molecular weight is 477 g/mol. The second-order valence-corrected chi connectivity index (χ2v) is 5.96. The van der Waals surface area contributed by atoms with E-state index in [4.69, 9.17) is 14.2 Å². The van der Waals surface area contributed by atoms with Crippen molar-refractivity contribution >= 4 is 29.9 Å². The number of aliphatic imine (C=N–C) groups is 1. The molecule has 6 nitrogen and oxygen atoms in total. The van der Waals surface area contributed by atoms with Gasteiger partial charge in [0.15, 0.2) is 5.96 Å². The number of piperidine rings is 1. The van der Waals surface area contributed by atoms with E-state index in [0.29, 0.717) is 26.4 Å². The number of hydrogen-bond donors (Lipinski definition) is 1. The van der Waals surface area contributed by atoms with Gasteiger partial charge in [-0.2, -0.15) is 0 Å². The summed E-state index contributed by atoms with van der Waals surface area (Å²) in [4.78, 5) is 6.98. The van der Waals surface area contributed by atoms with Crippen molar-refractivity contribution in [2.45, 2.75) is 25.9 Å². The zero-order chi connectivity index (χ0) is 17.7. The summed E-state index contributed by atoms with van der Waals surface area (Å²) >= 11 is 0. The van der Waals surface area contributed by atoms with Gasteiger partial charge in [0.25, 0.3) is 0 Å². The molecule has 2 rings (SSSR count). The second kappa shape index (κ2) is 14.1. The summed E-state index contributed by atoms with van der Waals surface area (Å²) in [5.74, 6) is 1.92. The van der Waals surface area contributed by atoms with Crippen molar-refractivity contribution in [1.29, 1.82) is 0 Å². The number of para-hydroxylation sites is 1. The van der Waals surface area contributed by atoms with Crippen molar-refractivity contribution in [1.82, 2.24) is 10.2 Å². The van der Waals surface area contributed by atoms with E-state index in [1.807, 2.05) is 30.3 Å². The van der Waals surface area contributed by atoms with E-state index < -0.39 is 0 Å².